The summed E-state index contributed by atoms with van der Waals surface area (Å²) in [5.41, 5.74) is 4.07. The topological polar surface area (TPSA) is 67.7 Å². The van der Waals surface area contributed by atoms with Crippen LogP contribution in [0.1, 0.15) is 34.2 Å². The van der Waals surface area contributed by atoms with E-state index in [-0.39, 0.29) is 12.6 Å². The van der Waals surface area contributed by atoms with E-state index in [4.69, 9.17) is 4.74 Å². The van der Waals surface area contributed by atoms with Crippen molar-refractivity contribution in [3.63, 3.8) is 0 Å². The van der Waals surface area contributed by atoms with Gasteiger partial charge in [0.15, 0.2) is 5.69 Å². The number of amides is 2. The Bertz CT molecular complexity index is 824. The van der Waals surface area contributed by atoms with Crippen molar-refractivity contribution in [3.8, 4) is 5.69 Å². The molecule has 0 radical (unpaired) electrons. The predicted octanol–water partition coefficient (Wildman–Crippen LogP) is 2.40. The molecule has 1 aliphatic heterocycles. The number of hydrogen-bond acceptors (Lipinski definition) is 4. The standard InChI is InChI=1S/C19H24N4O3/c1-5-26-18(24)17-15-12-22(19(25)21(3)4)11-10-16(15)23(20-17)14-8-6-13(2)7-9-14/h6-9H,5,10-12H2,1-4H3. The molecule has 2 heterocycles. The summed E-state index contributed by atoms with van der Waals surface area (Å²) in [5.74, 6) is -0.450. The molecule has 0 bridgehead atoms. The summed E-state index contributed by atoms with van der Waals surface area (Å²) in [5, 5.41) is 4.54. The van der Waals surface area contributed by atoms with Crippen molar-refractivity contribution < 1.29 is 14.3 Å². The highest BCUT2D eigenvalue weighted by Gasteiger charge is 2.31. The first-order chi connectivity index (χ1) is 12.4. The first-order valence-electron chi connectivity index (χ1n) is 8.73. The Hall–Kier alpha value is -2.83. The lowest BCUT2D eigenvalue weighted by Crippen LogP contribution is -2.42. The first-order valence-corrected chi connectivity index (χ1v) is 8.73. The molecule has 3 rings (SSSR count). The van der Waals surface area contributed by atoms with Gasteiger partial charge in [-0.25, -0.2) is 14.3 Å². The Morgan fingerprint density at radius 3 is 2.54 bits per heavy atom. The van der Waals surface area contributed by atoms with Gasteiger partial charge >= 0.3 is 12.0 Å². The summed E-state index contributed by atoms with van der Waals surface area (Å²) in [6.45, 7) is 5.02. The smallest absolute Gasteiger partial charge is 0.359 e. The van der Waals surface area contributed by atoms with Gasteiger partial charge in [-0.15, -0.1) is 0 Å². The van der Waals surface area contributed by atoms with Crippen LogP contribution >= 0.6 is 0 Å². The van der Waals surface area contributed by atoms with Crippen LogP contribution in [0.25, 0.3) is 5.69 Å². The lowest BCUT2D eigenvalue weighted by Gasteiger charge is -2.30. The molecule has 0 unspecified atom stereocenters. The number of benzene rings is 1. The van der Waals surface area contributed by atoms with Gasteiger partial charge in [-0.1, -0.05) is 17.7 Å². The third-order valence-electron chi connectivity index (χ3n) is 4.46. The van der Waals surface area contributed by atoms with Gasteiger partial charge in [0.1, 0.15) is 0 Å². The zero-order valence-corrected chi connectivity index (χ0v) is 15.7. The molecular formula is C19H24N4O3. The predicted molar refractivity (Wildman–Crippen MR) is 97.5 cm³/mol. The van der Waals surface area contributed by atoms with E-state index in [1.54, 1.807) is 35.5 Å². The van der Waals surface area contributed by atoms with Crippen LogP contribution in [0.2, 0.25) is 0 Å². The van der Waals surface area contributed by atoms with Crippen LogP contribution in [-0.2, 0) is 17.7 Å². The highest BCUT2D eigenvalue weighted by Crippen LogP contribution is 2.26. The highest BCUT2D eigenvalue weighted by atomic mass is 16.5. The molecule has 0 saturated heterocycles. The van der Waals surface area contributed by atoms with Crippen LogP contribution in [0, 0.1) is 6.92 Å². The van der Waals surface area contributed by atoms with Crippen LogP contribution in [-0.4, -0.2) is 58.8 Å². The lowest BCUT2D eigenvalue weighted by molar-refractivity contribution is 0.0516. The molecule has 7 heteroatoms. The number of hydrogen-bond donors (Lipinski definition) is 0. The van der Waals surface area contributed by atoms with Crippen molar-refractivity contribution in [1.82, 2.24) is 19.6 Å². The molecule has 0 saturated carbocycles. The van der Waals surface area contributed by atoms with Crippen LogP contribution in [0.15, 0.2) is 24.3 Å². The van der Waals surface area contributed by atoms with Crippen molar-refractivity contribution in [2.75, 3.05) is 27.2 Å². The van der Waals surface area contributed by atoms with Crippen molar-refractivity contribution >= 4 is 12.0 Å². The van der Waals surface area contributed by atoms with Crippen LogP contribution < -0.4 is 0 Å². The van der Waals surface area contributed by atoms with Gasteiger partial charge in [0.2, 0.25) is 0 Å². The molecular weight excluding hydrogens is 332 g/mol. The quantitative estimate of drug-likeness (QED) is 0.792. The van der Waals surface area contributed by atoms with Crippen molar-refractivity contribution in [3.05, 3.63) is 46.8 Å². The summed E-state index contributed by atoms with van der Waals surface area (Å²) in [7, 11) is 3.44. The monoisotopic (exact) mass is 356 g/mol. The number of carbonyl (C=O) groups is 2. The Morgan fingerprint density at radius 2 is 1.92 bits per heavy atom. The van der Waals surface area contributed by atoms with E-state index in [1.807, 2.05) is 31.2 Å². The SMILES string of the molecule is CCOC(=O)c1nn(-c2ccc(C)cc2)c2c1CN(C(=O)N(C)C)CC2. The minimum absolute atomic E-state index is 0.0754. The number of ether oxygens (including phenoxy) is 1. The minimum atomic E-state index is -0.450. The van der Waals surface area contributed by atoms with E-state index < -0.39 is 5.97 Å². The molecule has 0 atom stereocenters. The fourth-order valence-electron chi connectivity index (χ4n) is 3.13. The van der Waals surface area contributed by atoms with E-state index in [0.29, 0.717) is 25.2 Å². The van der Waals surface area contributed by atoms with Crippen molar-refractivity contribution in [2.45, 2.75) is 26.8 Å². The highest BCUT2D eigenvalue weighted by molar-refractivity contribution is 5.89. The second-order valence-electron chi connectivity index (χ2n) is 6.59. The molecule has 2 aromatic rings. The van der Waals surface area contributed by atoms with Crippen molar-refractivity contribution in [2.24, 2.45) is 0 Å². The Labute approximate surface area is 153 Å². The largest absolute Gasteiger partial charge is 0.461 e. The molecule has 138 valence electrons. The summed E-state index contributed by atoms with van der Waals surface area (Å²) < 4.78 is 6.98. The molecule has 2 amide bonds. The van der Waals surface area contributed by atoms with Crippen LogP contribution in [0.4, 0.5) is 4.79 Å². The zero-order chi connectivity index (χ0) is 18.8. The number of aryl methyl sites for hydroxylation is 1. The number of rotatable bonds is 3. The number of esters is 1. The van der Waals surface area contributed by atoms with E-state index in [2.05, 4.69) is 5.10 Å². The van der Waals surface area contributed by atoms with Gasteiger partial charge < -0.3 is 14.5 Å². The van der Waals surface area contributed by atoms with Crippen LogP contribution in [0.5, 0.6) is 0 Å². The summed E-state index contributed by atoms with van der Waals surface area (Å²) in [6.07, 6.45) is 0.634. The van der Waals surface area contributed by atoms with Gasteiger partial charge in [-0.2, -0.15) is 5.10 Å². The number of nitrogens with zero attached hydrogens (tertiary/aromatic N) is 4. The Balaban J connectivity index is 2.04. The zero-order valence-electron chi connectivity index (χ0n) is 15.7. The molecule has 26 heavy (non-hydrogen) atoms. The normalized spacial score (nSPS) is 13.3. The maximum absolute atomic E-state index is 12.4. The summed E-state index contributed by atoms with van der Waals surface area (Å²) >= 11 is 0. The molecule has 1 aromatic carbocycles. The molecule has 0 N–H and O–H groups in total. The number of urea groups is 1. The second-order valence-corrected chi connectivity index (χ2v) is 6.59. The van der Waals surface area contributed by atoms with Gasteiger partial charge in [0.05, 0.1) is 24.5 Å². The van der Waals surface area contributed by atoms with Gasteiger partial charge in [0, 0.05) is 32.6 Å². The van der Waals surface area contributed by atoms with E-state index in [9.17, 15) is 9.59 Å². The maximum atomic E-state index is 12.4. The molecule has 0 spiro atoms. The van der Waals surface area contributed by atoms with Crippen molar-refractivity contribution in [1.29, 1.82) is 0 Å². The minimum Gasteiger partial charge on any atom is -0.461 e. The maximum Gasteiger partial charge on any atom is 0.359 e. The summed E-state index contributed by atoms with van der Waals surface area (Å²) in [4.78, 5) is 28.0. The Morgan fingerprint density at radius 1 is 1.23 bits per heavy atom. The average molecular weight is 356 g/mol. The van der Waals surface area contributed by atoms with E-state index in [0.717, 1.165) is 22.5 Å². The third kappa shape index (κ3) is 3.29. The number of carbonyl (C=O) groups excluding carboxylic acids is 2. The fourth-order valence-corrected chi connectivity index (χ4v) is 3.13. The second kappa shape index (κ2) is 7.19. The molecule has 7 nitrogen and oxygen atoms in total. The number of aromatic nitrogens is 2. The van der Waals surface area contributed by atoms with Gasteiger partial charge in [-0.05, 0) is 26.0 Å². The van der Waals surface area contributed by atoms with Gasteiger partial charge in [-0.3, -0.25) is 0 Å². The summed E-state index contributed by atoms with van der Waals surface area (Å²) in [6, 6.07) is 7.91. The lowest BCUT2D eigenvalue weighted by atomic mass is 10.0. The average Bonchev–Trinajstić information content (AvgIpc) is 3.00. The third-order valence-corrected chi connectivity index (χ3v) is 4.46. The molecule has 0 fully saturated rings. The molecule has 0 aliphatic carbocycles. The first kappa shape index (κ1) is 18.0. The molecule has 1 aromatic heterocycles. The van der Waals surface area contributed by atoms with E-state index >= 15 is 0 Å². The number of fused-ring (bicyclic) bond motifs is 1. The molecule has 1 aliphatic rings. The van der Waals surface area contributed by atoms with Gasteiger partial charge in [0.25, 0.3) is 0 Å². The van der Waals surface area contributed by atoms with E-state index in [1.165, 1.54) is 0 Å². The van der Waals surface area contributed by atoms with Crippen LogP contribution in [0.3, 0.4) is 0 Å². The Kier molecular flexibility index (Phi) is 4.97. The fraction of sp³-hybridized carbons (Fsp3) is 0.421.